The fourth-order valence-electron chi connectivity index (χ4n) is 2.19. The summed E-state index contributed by atoms with van der Waals surface area (Å²) in [5.74, 6) is -1.94. The minimum atomic E-state index is -0.703. The Labute approximate surface area is 157 Å². The zero-order chi connectivity index (χ0) is 19.3. The Morgan fingerprint density at radius 3 is 2.23 bits per heavy atom. The number of imide groups is 1. The maximum Gasteiger partial charge on any atom is 0.338 e. The van der Waals surface area contributed by atoms with Gasteiger partial charge in [-0.1, -0.05) is 50.6 Å². The topological polar surface area (TPSA) is 72.5 Å². The highest BCUT2D eigenvalue weighted by Crippen LogP contribution is 2.22. The summed E-state index contributed by atoms with van der Waals surface area (Å²) in [5, 5.41) is 2.58. The molecule has 2 rings (SSSR count). The van der Waals surface area contributed by atoms with Gasteiger partial charge in [-0.2, -0.15) is 0 Å². The molecule has 0 fully saturated rings. The number of nitrogens with one attached hydrogen (secondary N) is 1. The first-order valence-corrected chi connectivity index (χ1v) is 8.42. The first kappa shape index (κ1) is 19.7. The highest BCUT2D eigenvalue weighted by Gasteiger charge is 2.16. The van der Waals surface area contributed by atoms with E-state index in [4.69, 9.17) is 16.3 Å². The second-order valence-corrected chi connectivity index (χ2v) is 7.23. The Kier molecular flexibility index (Phi) is 6.16. The quantitative estimate of drug-likeness (QED) is 0.828. The summed E-state index contributed by atoms with van der Waals surface area (Å²) in [6.07, 6.45) is 0. The molecule has 0 radical (unpaired) electrons. The fourth-order valence-corrected chi connectivity index (χ4v) is 2.38. The smallest absolute Gasteiger partial charge is 0.338 e. The molecule has 1 N–H and O–H groups in total. The average molecular weight is 374 g/mol. The lowest BCUT2D eigenvalue weighted by atomic mass is 9.87. The van der Waals surface area contributed by atoms with Gasteiger partial charge in [0, 0.05) is 10.6 Å². The summed E-state index contributed by atoms with van der Waals surface area (Å²) >= 11 is 5.80. The van der Waals surface area contributed by atoms with Crippen LogP contribution in [0.5, 0.6) is 0 Å². The minimum absolute atomic E-state index is 0.0284. The lowest BCUT2D eigenvalue weighted by Gasteiger charge is -2.18. The van der Waals surface area contributed by atoms with Gasteiger partial charge in [-0.15, -0.1) is 0 Å². The van der Waals surface area contributed by atoms with E-state index in [0.717, 1.165) is 5.56 Å². The van der Waals surface area contributed by atoms with Crippen LogP contribution in [0.1, 0.15) is 47.1 Å². The Balaban J connectivity index is 1.89. The third-order valence-corrected chi connectivity index (χ3v) is 3.90. The maximum atomic E-state index is 12.1. The van der Waals surface area contributed by atoms with Gasteiger partial charge in [0.2, 0.25) is 0 Å². The fraction of sp³-hybridized carbons (Fsp3) is 0.250. The van der Waals surface area contributed by atoms with Crippen molar-refractivity contribution in [3.05, 3.63) is 70.2 Å². The number of carbonyl (C=O) groups excluding carboxylic acids is 3. The van der Waals surface area contributed by atoms with Crippen LogP contribution in [0.4, 0.5) is 0 Å². The first-order chi connectivity index (χ1) is 12.2. The van der Waals surface area contributed by atoms with Crippen LogP contribution < -0.4 is 5.32 Å². The molecule has 136 valence electrons. The van der Waals surface area contributed by atoms with Crippen molar-refractivity contribution in [3.8, 4) is 0 Å². The Bertz CT molecular complexity index is 822. The molecule has 0 bridgehead atoms. The molecule has 0 spiro atoms. The van der Waals surface area contributed by atoms with Crippen molar-refractivity contribution in [2.75, 3.05) is 6.61 Å². The van der Waals surface area contributed by atoms with Gasteiger partial charge in [-0.05, 0) is 41.3 Å². The van der Waals surface area contributed by atoms with E-state index in [-0.39, 0.29) is 11.0 Å². The summed E-state index contributed by atoms with van der Waals surface area (Å²) in [4.78, 5) is 35.7. The van der Waals surface area contributed by atoms with Gasteiger partial charge in [0.25, 0.3) is 11.8 Å². The Hall–Kier alpha value is -2.66. The number of benzene rings is 2. The predicted molar refractivity (Wildman–Crippen MR) is 99.3 cm³/mol. The first-order valence-electron chi connectivity index (χ1n) is 8.04. The molecule has 2 aromatic carbocycles. The van der Waals surface area contributed by atoms with Crippen molar-refractivity contribution in [1.29, 1.82) is 0 Å². The predicted octanol–water partition coefficient (Wildman–Crippen LogP) is 3.75. The van der Waals surface area contributed by atoms with Gasteiger partial charge in [-0.25, -0.2) is 4.79 Å². The SMILES string of the molecule is CC(C)(C)c1ccc(C(=O)NC(=O)COC(=O)c2cccc(Cl)c2)cc1. The highest BCUT2D eigenvalue weighted by atomic mass is 35.5. The van der Waals surface area contributed by atoms with E-state index < -0.39 is 24.4 Å². The number of esters is 1. The second-order valence-electron chi connectivity index (χ2n) is 6.79. The van der Waals surface area contributed by atoms with Crippen LogP contribution in [0.3, 0.4) is 0 Å². The lowest BCUT2D eigenvalue weighted by Crippen LogP contribution is -2.34. The highest BCUT2D eigenvalue weighted by molar-refractivity contribution is 6.30. The van der Waals surface area contributed by atoms with Gasteiger partial charge in [0.1, 0.15) is 0 Å². The Morgan fingerprint density at radius 1 is 1.00 bits per heavy atom. The van der Waals surface area contributed by atoms with Crippen LogP contribution in [0, 0.1) is 0 Å². The second kappa shape index (κ2) is 8.15. The van der Waals surface area contributed by atoms with E-state index in [1.54, 1.807) is 24.3 Å². The van der Waals surface area contributed by atoms with E-state index in [2.05, 4.69) is 26.1 Å². The molecule has 0 heterocycles. The van der Waals surface area contributed by atoms with Crippen LogP contribution in [-0.2, 0) is 14.9 Å². The Morgan fingerprint density at radius 2 is 1.65 bits per heavy atom. The summed E-state index contributed by atoms with van der Waals surface area (Å²) in [5.41, 5.74) is 1.64. The molecule has 5 nitrogen and oxygen atoms in total. The van der Waals surface area contributed by atoms with Gasteiger partial charge >= 0.3 is 5.97 Å². The average Bonchev–Trinajstić information content (AvgIpc) is 2.59. The van der Waals surface area contributed by atoms with E-state index >= 15 is 0 Å². The van der Waals surface area contributed by atoms with Gasteiger partial charge in [0.05, 0.1) is 5.56 Å². The monoisotopic (exact) mass is 373 g/mol. The van der Waals surface area contributed by atoms with Gasteiger partial charge in [-0.3, -0.25) is 14.9 Å². The van der Waals surface area contributed by atoms with Crippen molar-refractivity contribution in [1.82, 2.24) is 5.32 Å². The van der Waals surface area contributed by atoms with Crippen molar-refractivity contribution >= 4 is 29.4 Å². The van der Waals surface area contributed by atoms with E-state index in [1.165, 1.54) is 12.1 Å². The van der Waals surface area contributed by atoms with E-state index in [0.29, 0.717) is 10.6 Å². The summed E-state index contributed by atoms with van der Waals surface area (Å²) < 4.78 is 4.88. The molecule has 0 aromatic heterocycles. The van der Waals surface area contributed by atoms with E-state index in [9.17, 15) is 14.4 Å². The molecule has 2 aromatic rings. The number of hydrogen-bond donors (Lipinski definition) is 1. The molecule has 0 atom stereocenters. The van der Waals surface area contributed by atoms with Crippen LogP contribution in [-0.4, -0.2) is 24.4 Å². The molecule has 0 saturated heterocycles. The normalized spacial score (nSPS) is 10.9. The van der Waals surface area contributed by atoms with Crippen LogP contribution in [0.25, 0.3) is 0 Å². The molecule has 0 aliphatic rings. The molecular weight excluding hydrogens is 354 g/mol. The van der Waals surface area contributed by atoms with Crippen LogP contribution in [0.15, 0.2) is 48.5 Å². The standard InChI is InChI=1S/C20H20ClNO4/c1-20(2,3)15-9-7-13(8-10-15)18(24)22-17(23)12-26-19(25)14-5-4-6-16(21)11-14/h4-11H,12H2,1-3H3,(H,22,23,24). The number of ether oxygens (including phenoxy) is 1. The zero-order valence-corrected chi connectivity index (χ0v) is 15.6. The zero-order valence-electron chi connectivity index (χ0n) is 14.8. The minimum Gasteiger partial charge on any atom is -0.452 e. The van der Waals surface area contributed by atoms with Crippen LogP contribution >= 0.6 is 11.6 Å². The van der Waals surface area contributed by atoms with Crippen molar-refractivity contribution in [2.24, 2.45) is 0 Å². The number of amides is 2. The van der Waals surface area contributed by atoms with Crippen molar-refractivity contribution < 1.29 is 19.1 Å². The van der Waals surface area contributed by atoms with Gasteiger partial charge < -0.3 is 4.74 Å². The largest absolute Gasteiger partial charge is 0.452 e. The summed E-state index contributed by atoms with van der Waals surface area (Å²) in [6, 6.07) is 13.2. The molecule has 6 heteroatoms. The number of rotatable bonds is 4. The van der Waals surface area contributed by atoms with Crippen molar-refractivity contribution in [3.63, 3.8) is 0 Å². The summed E-state index contributed by atoms with van der Waals surface area (Å²) in [7, 11) is 0. The third kappa shape index (κ3) is 5.43. The molecule has 0 aliphatic heterocycles. The van der Waals surface area contributed by atoms with Gasteiger partial charge in [0.15, 0.2) is 6.61 Å². The molecule has 0 unspecified atom stereocenters. The summed E-state index contributed by atoms with van der Waals surface area (Å²) in [6.45, 7) is 5.65. The molecule has 0 aliphatic carbocycles. The third-order valence-electron chi connectivity index (χ3n) is 3.66. The maximum absolute atomic E-state index is 12.1. The molecule has 2 amide bonds. The molecule has 26 heavy (non-hydrogen) atoms. The van der Waals surface area contributed by atoms with E-state index in [1.807, 2.05) is 12.1 Å². The molecule has 0 saturated carbocycles. The van der Waals surface area contributed by atoms with Crippen LogP contribution in [0.2, 0.25) is 5.02 Å². The number of halogens is 1. The molecular formula is C20H20ClNO4. The lowest BCUT2D eigenvalue weighted by molar-refractivity contribution is -0.123. The van der Waals surface area contributed by atoms with Crippen molar-refractivity contribution in [2.45, 2.75) is 26.2 Å². The number of carbonyl (C=O) groups is 3. The number of hydrogen-bond acceptors (Lipinski definition) is 4.